The Bertz CT molecular complexity index is 690. The van der Waals surface area contributed by atoms with Crippen LogP contribution < -0.4 is 10.6 Å². The molecule has 136 valence electrons. The molecule has 2 aromatic rings. The third kappa shape index (κ3) is 6.19. The number of carbonyl (C=O) groups excluding carboxylic acids is 1. The van der Waals surface area contributed by atoms with Crippen molar-refractivity contribution in [2.24, 2.45) is 0 Å². The molecule has 0 aliphatic carbocycles. The van der Waals surface area contributed by atoms with Gasteiger partial charge in [0.2, 0.25) is 5.91 Å². The number of hydrogen-bond donors (Lipinski definition) is 2. The summed E-state index contributed by atoms with van der Waals surface area (Å²) in [7, 11) is 1.81. The summed E-state index contributed by atoms with van der Waals surface area (Å²) >= 11 is 12.0. The Labute approximate surface area is 165 Å². The first-order chi connectivity index (χ1) is 11.5. The van der Waals surface area contributed by atoms with Gasteiger partial charge in [-0.15, -0.1) is 12.4 Å². The van der Waals surface area contributed by atoms with E-state index in [0.29, 0.717) is 16.6 Å². The minimum atomic E-state index is -0.134. The number of nitrogens with one attached hydrogen (secondary N) is 2. The molecular formula is C19H23Cl3N2O. The van der Waals surface area contributed by atoms with Crippen molar-refractivity contribution < 1.29 is 4.79 Å². The second-order valence-electron chi connectivity index (χ2n) is 5.67. The lowest BCUT2D eigenvalue weighted by atomic mass is 10.0. The van der Waals surface area contributed by atoms with Gasteiger partial charge in [-0.2, -0.15) is 0 Å². The Hall–Kier alpha value is -1.26. The van der Waals surface area contributed by atoms with E-state index in [0.717, 1.165) is 29.5 Å². The fraction of sp³-hybridized carbons (Fsp3) is 0.316. The quantitative estimate of drug-likeness (QED) is 0.678. The lowest BCUT2D eigenvalue weighted by Crippen LogP contribution is -2.42. The van der Waals surface area contributed by atoms with Crippen LogP contribution in [0.3, 0.4) is 0 Å². The van der Waals surface area contributed by atoms with Crippen molar-refractivity contribution in [2.75, 3.05) is 7.05 Å². The standard InChI is InChI=1S/C19H22Cl2N2O.ClH/c1-3-4-18(22-2)19(24)23-12-13-5-7-14(8-6-13)15-9-10-16(20)17(21)11-15;/h5-11,18,22H,3-4,12H2,1-2H3,(H,23,24);1H. The summed E-state index contributed by atoms with van der Waals surface area (Å²) in [5, 5.41) is 7.10. The molecule has 0 saturated carbocycles. The monoisotopic (exact) mass is 400 g/mol. The third-order valence-corrected chi connectivity index (χ3v) is 4.65. The zero-order chi connectivity index (χ0) is 17.5. The Balaban J connectivity index is 0.00000312. The van der Waals surface area contributed by atoms with Gasteiger partial charge in [0.1, 0.15) is 0 Å². The van der Waals surface area contributed by atoms with Gasteiger partial charge in [-0.1, -0.05) is 66.9 Å². The smallest absolute Gasteiger partial charge is 0.237 e. The van der Waals surface area contributed by atoms with Crippen LogP contribution in [0, 0.1) is 0 Å². The number of likely N-dealkylation sites (N-methyl/N-ethyl adjacent to an activating group) is 1. The van der Waals surface area contributed by atoms with Crippen LogP contribution in [-0.2, 0) is 11.3 Å². The second kappa shape index (κ2) is 10.7. The molecule has 2 aromatic carbocycles. The van der Waals surface area contributed by atoms with Crippen molar-refractivity contribution in [1.29, 1.82) is 0 Å². The summed E-state index contributed by atoms with van der Waals surface area (Å²) in [6, 6.07) is 13.5. The number of hydrogen-bond acceptors (Lipinski definition) is 2. The maximum atomic E-state index is 12.1. The molecule has 3 nitrogen and oxygen atoms in total. The zero-order valence-corrected chi connectivity index (χ0v) is 16.6. The van der Waals surface area contributed by atoms with E-state index in [2.05, 4.69) is 17.6 Å². The minimum Gasteiger partial charge on any atom is -0.351 e. The molecular weight excluding hydrogens is 379 g/mol. The molecule has 2 rings (SSSR count). The van der Waals surface area contributed by atoms with Crippen LogP contribution >= 0.6 is 35.6 Å². The molecule has 1 unspecified atom stereocenters. The fourth-order valence-corrected chi connectivity index (χ4v) is 2.80. The highest BCUT2D eigenvalue weighted by molar-refractivity contribution is 6.42. The van der Waals surface area contributed by atoms with Crippen molar-refractivity contribution in [2.45, 2.75) is 32.4 Å². The largest absolute Gasteiger partial charge is 0.351 e. The van der Waals surface area contributed by atoms with Crippen molar-refractivity contribution in [3.63, 3.8) is 0 Å². The van der Waals surface area contributed by atoms with E-state index >= 15 is 0 Å². The van der Waals surface area contributed by atoms with Gasteiger partial charge < -0.3 is 10.6 Å². The number of benzene rings is 2. The van der Waals surface area contributed by atoms with Crippen LogP contribution in [0.2, 0.25) is 10.0 Å². The number of amides is 1. The SMILES string of the molecule is CCCC(NC)C(=O)NCc1ccc(-c2ccc(Cl)c(Cl)c2)cc1.Cl. The van der Waals surface area contributed by atoms with Crippen LogP contribution in [0.4, 0.5) is 0 Å². The van der Waals surface area contributed by atoms with Crippen molar-refractivity contribution in [3.8, 4) is 11.1 Å². The number of rotatable bonds is 7. The fourth-order valence-electron chi connectivity index (χ4n) is 2.50. The first-order valence-corrected chi connectivity index (χ1v) is 8.80. The summed E-state index contributed by atoms with van der Waals surface area (Å²) in [4.78, 5) is 12.1. The van der Waals surface area contributed by atoms with Crippen LogP contribution in [0.1, 0.15) is 25.3 Å². The van der Waals surface area contributed by atoms with E-state index in [4.69, 9.17) is 23.2 Å². The van der Waals surface area contributed by atoms with Gasteiger partial charge in [0.15, 0.2) is 0 Å². The molecule has 1 atom stereocenters. The maximum absolute atomic E-state index is 12.1. The van der Waals surface area contributed by atoms with Crippen LogP contribution in [0.25, 0.3) is 11.1 Å². The molecule has 0 aromatic heterocycles. The Morgan fingerprint density at radius 3 is 2.24 bits per heavy atom. The van der Waals surface area contributed by atoms with Crippen molar-refractivity contribution in [3.05, 3.63) is 58.1 Å². The molecule has 6 heteroatoms. The van der Waals surface area contributed by atoms with E-state index in [1.54, 1.807) is 6.07 Å². The Morgan fingerprint density at radius 2 is 1.68 bits per heavy atom. The van der Waals surface area contributed by atoms with Gasteiger partial charge in [-0.3, -0.25) is 4.79 Å². The van der Waals surface area contributed by atoms with E-state index in [9.17, 15) is 4.79 Å². The lowest BCUT2D eigenvalue weighted by Gasteiger charge is -2.15. The number of halogens is 3. The van der Waals surface area contributed by atoms with Crippen LogP contribution in [0.5, 0.6) is 0 Å². The topological polar surface area (TPSA) is 41.1 Å². The molecule has 2 N–H and O–H groups in total. The molecule has 0 aliphatic heterocycles. The molecule has 0 radical (unpaired) electrons. The van der Waals surface area contributed by atoms with Gasteiger partial charge in [0.25, 0.3) is 0 Å². The van der Waals surface area contributed by atoms with E-state index in [1.165, 1.54) is 0 Å². The first-order valence-electron chi connectivity index (χ1n) is 8.04. The highest BCUT2D eigenvalue weighted by Gasteiger charge is 2.14. The lowest BCUT2D eigenvalue weighted by molar-refractivity contribution is -0.123. The summed E-state index contributed by atoms with van der Waals surface area (Å²) in [5.41, 5.74) is 3.12. The molecule has 1 amide bonds. The molecule has 0 fully saturated rings. The average molecular weight is 402 g/mol. The summed E-state index contributed by atoms with van der Waals surface area (Å²) in [6.07, 6.45) is 1.80. The van der Waals surface area contributed by atoms with Gasteiger partial charge >= 0.3 is 0 Å². The molecule has 25 heavy (non-hydrogen) atoms. The van der Waals surface area contributed by atoms with Gasteiger partial charge in [-0.25, -0.2) is 0 Å². The van der Waals surface area contributed by atoms with Crippen LogP contribution in [-0.4, -0.2) is 19.0 Å². The zero-order valence-electron chi connectivity index (χ0n) is 14.3. The van der Waals surface area contributed by atoms with E-state index in [1.807, 2.05) is 43.4 Å². The summed E-state index contributed by atoms with van der Waals surface area (Å²) < 4.78 is 0. The predicted octanol–water partition coefficient (Wildman–Crippen LogP) is 5.09. The minimum absolute atomic E-state index is 0. The summed E-state index contributed by atoms with van der Waals surface area (Å²) in [5.74, 6) is 0.0351. The second-order valence-corrected chi connectivity index (χ2v) is 6.49. The van der Waals surface area contributed by atoms with E-state index < -0.39 is 0 Å². The third-order valence-electron chi connectivity index (χ3n) is 3.92. The van der Waals surface area contributed by atoms with Gasteiger partial charge in [0, 0.05) is 6.54 Å². The first kappa shape index (κ1) is 21.8. The Morgan fingerprint density at radius 1 is 1.04 bits per heavy atom. The normalized spacial score (nSPS) is 11.5. The average Bonchev–Trinajstić information content (AvgIpc) is 2.60. The van der Waals surface area contributed by atoms with Crippen molar-refractivity contribution in [1.82, 2.24) is 10.6 Å². The van der Waals surface area contributed by atoms with Crippen molar-refractivity contribution >= 4 is 41.5 Å². The maximum Gasteiger partial charge on any atom is 0.237 e. The highest BCUT2D eigenvalue weighted by atomic mass is 35.5. The highest BCUT2D eigenvalue weighted by Crippen LogP contribution is 2.28. The van der Waals surface area contributed by atoms with E-state index in [-0.39, 0.29) is 24.4 Å². The Kier molecular flexibility index (Phi) is 9.30. The predicted molar refractivity (Wildman–Crippen MR) is 109 cm³/mol. The molecule has 0 spiro atoms. The molecule has 0 heterocycles. The molecule has 0 saturated heterocycles. The number of carbonyl (C=O) groups is 1. The van der Waals surface area contributed by atoms with Gasteiger partial charge in [-0.05, 0) is 42.3 Å². The summed E-state index contributed by atoms with van der Waals surface area (Å²) in [6.45, 7) is 2.59. The molecule has 0 bridgehead atoms. The van der Waals surface area contributed by atoms with Crippen LogP contribution in [0.15, 0.2) is 42.5 Å². The van der Waals surface area contributed by atoms with Gasteiger partial charge in [0.05, 0.1) is 16.1 Å². The molecule has 0 aliphatic rings.